The highest BCUT2D eigenvalue weighted by Gasteiger charge is 2.26. The van der Waals surface area contributed by atoms with Gasteiger partial charge in [-0.2, -0.15) is 5.26 Å². The number of amides is 1. The molecule has 0 spiro atoms. The van der Waals surface area contributed by atoms with Crippen molar-refractivity contribution >= 4 is 5.91 Å². The number of likely N-dealkylation sites (tertiary alicyclic amines) is 1. The molecule has 84 valence electrons. The number of nitriles is 1. The fourth-order valence-corrected chi connectivity index (χ4v) is 1.93. The summed E-state index contributed by atoms with van der Waals surface area (Å²) in [4.78, 5) is 13.4. The first-order valence-electron chi connectivity index (χ1n) is 5.53. The molecule has 1 aliphatic heterocycles. The molecule has 0 N–H and O–H groups in total. The molecule has 0 bridgehead atoms. The third-order valence-corrected chi connectivity index (χ3v) is 2.69. The number of nitrogens with zero attached hydrogens (tertiary/aromatic N) is 2. The molecule has 0 aromatic carbocycles. The van der Waals surface area contributed by atoms with Crippen LogP contribution in [0.15, 0.2) is 0 Å². The first-order valence-corrected chi connectivity index (χ1v) is 5.53. The van der Waals surface area contributed by atoms with Gasteiger partial charge in [0.05, 0.1) is 18.7 Å². The minimum Gasteiger partial charge on any atom is -0.380 e. The van der Waals surface area contributed by atoms with E-state index < -0.39 is 0 Å². The molecule has 1 fully saturated rings. The van der Waals surface area contributed by atoms with Crippen molar-refractivity contribution in [3.8, 4) is 6.07 Å². The Bertz CT molecular complexity index is 247. The molecule has 1 amide bonds. The fraction of sp³-hybridized carbons (Fsp3) is 0.818. The van der Waals surface area contributed by atoms with Crippen LogP contribution in [0.2, 0.25) is 0 Å². The van der Waals surface area contributed by atoms with Gasteiger partial charge in [-0.1, -0.05) is 0 Å². The molecule has 15 heavy (non-hydrogen) atoms. The molecule has 1 aliphatic rings. The molecule has 0 radical (unpaired) electrons. The van der Waals surface area contributed by atoms with Crippen molar-refractivity contribution < 1.29 is 9.53 Å². The van der Waals surface area contributed by atoms with Crippen LogP contribution in [0, 0.1) is 11.3 Å². The topological polar surface area (TPSA) is 53.3 Å². The van der Waals surface area contributed by atoms with Crippen molar-refractivity contribution in [3.63, 3.8) is 0 Å². The fourth-order valence-electron chi connectivity index (χ4n) is 1.93. The summed E-state index contributed by atoms with van der Waals surface area (Å²) in [5.74, 6) is -0.0538. The zero-order chi connectivity index (χ0) is 11.1. The van der Waals surface area contributed by atoms with E-state index in [1.165, 1.54) is 0 Å². The molecule has 0 saturated carbocycles. The normalized spacial score (nSPS) is 21.1. The number of ether oxygens (including phenoxy) is 1. The lowest BCUT2D eigenvalue weighted by Crippen LogP contribution is -2.45. The molecule has 0 aliphatic carbocycles. The molecule has 1 heterocycles. The van der Waals surface area contributed by atoms with Gasteiger partial charge in [-0.25, -0.2) is 0 Å². The van der Waals surface area contributed by atoms with E-state index in [4.69, 9.17) is 10.00 Å². The van der Waals surface area contributed by atoms with E-state index >= 15 is 0 Å². The summed E-state index contributed by atoms with van der Waals surface area (Å²) in [6.07, 6.45) is 3.17. The molecule has 0 unspecified atom stereocenters. The van der Waals surface area contributed by atoms with Crippen LogP contribution in [0.1, 0.15) is 32.6 Å². The quantitative estimate of drug-likeness (QED) is 0.703. The highest BCUT2D eigenvalue weighted by Crippen LogP contribution is 2.18. The second-order valence-electron chi connectivity index (χ2n) is 3.73. The van der Waals surface area contributed by atoms with Crippen LogP contribution in [0.25, 0.3) is 0 Å². The van der Waals surface area contributed by atoms with Crippen LogP contribution >= 0.6 is 0 Å². The van der Waals surface area contributed by atoms with Crippen LogP contribution in [-0.4, -0.2) is 36.6 Å². The number of rotatable bonds is 4. The van der Waals surface area contributed by atoms with Crippen molar-refractivity contribution in [2.24, 2.45) is 0 Å². The summed E-state index contributed by atoms with van der Waals surface area (Å²) in [5.41, 5.74) is 0. The average molecular weight is 210 g/mol. The molecule has 0 aromatic rings. The van der Waals surface area contributed by atoms with Gasteiger partial charge in [-0.05, 0) is 26.2 Å². The summed E-state index contributed by atoms with van der Waals surface area (Å²) >= 11 is 0. The van der Waals surface area contributed by atoms with Crippen LogP contribution in [0.3, 0.4) is 0 Å². The van der Waals surface area contributed by atoms with Crippen LogP contribution in [0.4, 0.5) is 0 Å². The highest BCUT2D eigenvalue weighted by atomic mass is 16.5. The van der Waals surface area contributed by atoms with E-state index in [0.717, 1.165) is 25.8 Å². The number of carbonyl (C=O) groups excluding carboxylic acids is 1. The summed E-state index contributed by atoms with van der Waals surface area (Å²) < 4.78 is 5.35. The Kier molecular flexibility index (Phi) is 5.13. The Balaban J connectivity index is 2.49. The van der Waals surface area contributed by atoms with Gasteiger partial charge < -0.3 is 9.64 Å². The van der Waals surface area contributed by atoms with E-state index in [2.05, 4.69) is 0 Å². The monoisotopic (exact) mass is 210 g/mol. The molecule has 4 heteroatoms. The summed E-state index contributed by atoms with van der Waals surface area (Å²) in [6.45, 7) is 4.01. The Morgan fingerprint density at radius 2 is 2.40 bits per heavy atom. The van der Waals surface area contributed by atoms with Gasteiger partial charge in [-0.3, -0.25) is 4.79 Å². The van der Waals surface area contributed by atoms with E-state index in [9.17, 15) is 4.79 Å². The summed E-state index contributed by atoms with van der Waals surface area (Å²) in [7, 11) is 0. The third-order valence-electron chi connectivity index (χ3n) is 2.69. The molecule has 1 atom stereocenters. The first-order chi connectivity index (χ1) is 7.29. The predicted octanol–water partition coefficient (Wildman–Crippen LogP) is 1.32. The minimum absolute atomic E-state index is 0.0113. The Morgan fingerprint density at radius 3 is 3.07 bits per heavy atom. The zero-order valence-corrected chi connectivity index (χ0v) is 9.24. The maximum absolute atomic E-state index is 11.6. The largest absolute Gasteiger partial charge is 0.380 e. The van der Waals surface area contributed by atoms with Gasteiger partial charge in [0, 0.05) is 13.2 Å². The van der Waals surface area contributed by atoms with Crippen molar-refractivity contribution in [1.82, 2.24) is 4.90 Å². The van der Waals surface area contributed by atoms with Gasteiger partial charge >= 0.3 is 0 Å². The SMILES string of the molecule is CCOC[C@H]1CCCCN1C(=O)CC#N. The molecule has 4 nitrogen and oxygen atoms in total. The van der Waals surface area contributed by atoms with Gasteiger partial charge in [0.1, 0.15) is 6.42 Å². The van der Waals surface area contributed by atoms with Gasteiger partial charge in [0.25, 0.3) is 0 Å². The van der Waals surface area contributed by atoms with E-state index in [1.54, 1.807) is 0 Å². The molecule has 0 aromatic heterocycles. The third kappa shape index (κ3) is 3.52. The second kappa shape index (κ2) is 6.41. The lowest BCUT2D eigenvalue weighted by Gasteiger charge is -2.35. The number of hydrogen-bond donors (Lipinski definition) is 0. The summed E-state index contributed by atoms with van der Waals surface area (Å²) in [5, 5.41) is 8.50. The molecule has 1 saturated heterocycles. The second-order valence-corrected chi connectivity index (χ2v) is 3.73. The molecule has 1 rings (SSSR count). The summed E-state index contributed by atoms with van der Waals surface area (Å²) in [6, 6.07) is 2.09. The zero-order valence-electron chi connectivity index (χ0n) is 9.24. The minimum atomic E-state index is -0.0538. The smallest absolute Gasteiger partial charge is 0.237 e. The van der Waals surface area contributed by atoms with Gasteiger partial charge in [0.15, 0.2) is 0 Å². The van der Waals surface area contributed by atoms with E-state index in [-0.39, 0.29) is 18.4 Å². The van der Waals surface area contributed by atoms with Crippen LogP contribution in [0.5, 0.6) is 0 Å². The molecular weight excluding hydrogens is 192 g/mol. The van der Waals surface area contributed by atoms with Gasteiger partial charge in [-0.15, -0.1) is 0 Å². The van der Waals surface area contributed by atoms with Crippen molar-refractivity contribution in [1.29, 1.82) is 5.26 Å². The predicted molar refractivity (Wildman–Crippen MR) is 56.1 cm³/mol. The standard InChI is InChI=1S/C11H18N2O2/c1-2-15-9-10-5-3-4-8-13(10)11(14)6-7-12/h10H,2-6,8-9H2,1H3/t10-/m1/s1. The number of piperidine rings is 1. The lowest BCUT2D eigenvalue weighted by atomic mass is 10.0. The lowest BCUT2D eigenvalue weighted by molar-refractivity contribution is -0.135. The van der Waals surface area contributed by atoms with Crippen LogP contribution in [-0.2, 0) is 9.53 Å². The van der Waals surface area contributed by atoms with Crippen molar-refractivity contribution in [2.75, 3.05) is 19.8 Å². The number of hydrogen-bond acceptors (Lipinski definition) is 3. The van der Waals surface area contributed by atoms with Crippen LogP contribution < -0.4 is 0 Å². The maximum Gasteiger partial charge on any atom is 0.237 e. The first kappa shape index (κ1) is 12.0. The van der Waals surface area contributed by atoms with E-state index in [1.807, 2.05) is 17.9 Å². The number of carbonyl (C=O) groups is 1. The van der Waals surface area contributed by atoms with E-state index in [0.29, 0.717) is 13.2 Å². The maximum atomic E-state index is 11.6. The Hall–Kier alpha value is -1.08. The Labute approximate surface area is 90.8 Å². The highest BCUT2D eigenvalue weighted by molar-refractivity contribution is 5.78. The van der Waals surface area contributed by atoms with Crippen molar-refractivity contribution in [2.45, 2.75) is 38.6 Å². The van der Waals surface area contributed by atoms with Crippen molar-refractivity contribution in [3.05, 3.63) is 0 Å². The Morgan fingerprint density at radius 1 is 1.60 bits per heavy atom. The molecular formula is C11H18N2O2. The van der Waals surface area contributed by atoms with Gasteiger partial charge in [0.2, 0.25) is 5.91 Å². The average Bonchev–Trinajstić information content (AvgIpc) is 2.27.